The molecule has 0 atom stereocenters. The number of allylic oxidation sites excluding steroid dienone is 1. The number of rotatable bonds is 4. The number of aryl methyl sites for hydroxylation is 1. The molecule has 0 spiro atoms. The molecule has 0 amide bonds. The summed E-state index contributed by atoms with van der Waals surface area (Å²) in [5.74, 6) is 0.206. The molecular formula is C15H14O2S. The molecule has 1 aromatic heterocycles. The molecule has 3 heteroatoms. The molecule has 2 rings (SSSR count). The highest BCUT2D eigenvalue weighted by Gasteiger charge is 2.05. The molecule has 2 aromatic rings. The van der Waals surface area contributed by atoms with E-state index in [9.17, 15) is 9.90 Å². The summed E-state index contributed by atoms with van der Waals surface area (Å²) in [5, 5.41) is 9.31. The van der Waals surface area contributed by atoms with Crippen molar-refractivity contribution in [1.29, 1.82) is 0 Å². The number of phenolic OH excluding ortho intramolecular Hbond substituents is 1. The van der Waals surface area contributed by atoms with Gasteiger partial charge >= 0.3 is 0 Å². The second-order valence-corrected chi connectivity index (χ2v) is 5.08. The Morgan fingerprint density at radius 3 is 2.83 bits per heavy atom. The van der Waals surface area contributed by atoms with Gasteiger partial charge in [0.25, 0.3) is 0 Å². The predicted molar refractivity (Wildman–Crippen MR) is 75.2 cm³/mol. The lowest BCUT2D eigenvalue weighted by molar-refractivity contribution is 0.105. The fourth-order valence-corrected chi connectivity index (χ4v) is 2.45. The van der Waals surface area contributed by atoms with Crippen molar-refractivity contribution in [2.75, 3.05) is 0 Å². The van der Waals surface area contributed by atoms with Gasteiger partial charge in [0.15, 0.2) is 5.78 Å². The summed E-state index contributed by atoms with van der Waals surface area (Å²) < 4.78 is 0. The lowest BCUT2D eigenvalue weighted by Gasteiger charge is -1.94. The number of ketones is 1. The second kappa shape index (κ2) is 5.65. The van der Waals surface area contributed by atoms with E-state index in [1.165, 1.54) is 16.2 Å². The maximum absolute atomic E-state index is 11.9. The zero-order valence-electron chi connectivity index (χ0n) is 10.1. The Morgan fingerprint density at radius 2 is 2.17 bits per heavy atom. The monoisotopic (exact) mass is 258 g/mol. The van der Waals surface area contributed by atoms with Gasteiger partial charge in [-0.1, -0.05) is 25.1 Å². The zero-order chi connectivity index (χ0) is 13.0. The summed E-state index contributed by atoms with van der Waals surface area (Å²) >= 11 is 1.53. The molecule has 2 nitrogen and oxygen atoms in total. The third-order valence-electron chi connectivity index (χ3n) is 2.55. The van der Waals surface area contributed by atoms with E-state index in [-0.39, 0.29) is 11.5 Å². The van der Waals surface area contributed by atoms with Crippen LogP contribution in [0.4, 0.5) is 0 Å². The number of carbonyl (C=O) groups excluding carboxylic acids is 1. The first-order chi connectivity index (χ1) is 8.69. The van der Waals surface area contributed by atoms with Gasteiger partial charge < -0.3 is 5.11 Å². The van der Waals surface area contributed by atoms with Gasteiger partial charge in [0.2, 0.25) is 0 Å². The van der Waals surface area contributed by atoms with E-state index >= 15 is 0 Å². The molecule has 0 aliphatic heterocycles. The highest BCUT2D eigenvalue weighted by atomic mass is 32.1. The molecule has 0 saturated carbocycles. The second-order valence-electron chi connectivity index (χ2n) is 3.91. The van der Waals surface area contributed by atoms with Crippen LogP contribution in [0.15, 0.2) is 42.5 Å². The van der Waals surface area contributed by atoms with Crippen LogP contribution in [0.5, 0.6) is 5.75 Å². The molecule has 92 valence electrons. The summed E-state index contributed by atoms with van der Waals surface area (Å²) in [6, 6.07) is 10.7. The Labute approximate surface area is 110 Å². The van der Waals surface area contributed by atoms with Gasteiger partial charge in [-0.25, -0.2) is 0 Å². The van der Waals surface area contributed by atoms with E-state index in [2.05, 4.69) is 6.92 Å². The number of phenols is 1. The lowest BCUT2D eigenvalue weighted by atomic mass is 10.2. The molecule has 1 heterocycles. The number of benzene rings is 1. The zero-order valence-corrected chi connectivity index (χ0v) is 10.9. The van der Waals surface area contributed by atoms with Gasteiger partial charge in [0, 0.05) is 4.88 Å². The highest BCUT2D eigenvalue weighted by molar-refractivity contribution is 7.14. The van der Waals surface area contributed by atoms with Gasteiger partial charge in [0.1, 0.15) is 5.75 Å². The van der Waals surface area contributed by atoms with Crippen molar-refractivity contribution in [1.82, 2.24) is 0 Å². The highest BCUT2D eigenvalue weighted by Crippen LogP contribution is 2.18. The predicted octanol–water partition coefficient (Wildman–Crippen LogP) is 3.91. The van der Waals surface area contributed by atoms with Crippen LogP contribution in [-0.4, -0.2) is 10.9 Å². The molecule has 1 aromatic carbocycles. The minimum absolute atomic E-state index is 0.00282. The van der Waals surface area contributed by atoms with E-state index in [0.29, 0.717) is 0 Å². The standard InChI is InChI=1S/C15H14O2S/c1-2-13-7-9-15(18-13)14(17)8-6-11-4-3-5-12(16)10-11/h3-10,16H,2H2,1H3/b8-6+. The van der Waals surface area contributed by atoms with Crippen LogP contribution in [0.2, 0.25) is 0 Å². The molecule has 0 saturated heterocycles. The summed E-state index contributed by atoms with van der Waals surface area (Å²) in [5.41, 5.74) is 0.815. The smallest absolute Gasteiger partial charge is 0.195 e. The SMILES string of the molecule is CCc1ccc(C(=O)/C=C/c2cccc(O)c2)s1. The number of carbonyl (C=O) groups is 1. The Kier molecular flexibility index (Phi) is 3.95. The van der Waals surface area contributed by atoms with E-state index in [1.54, 1.807) is 30.4 Å². The van der Waals surface area contributed by atoms with Crippen LogP contribution >= 0.6 is 11.3 Å². The van der Waals surface area contributed by atoms with Crippen LogP contribution in [0.25, 0.3) is 6.08 Å². The molecule has 18 heavy (non-hydrogen) atoms. The van der Waals surface area contributed by atoms with Crippen LogP contribution in [0, 0.1) is 0 Å². The molecule has 1 N–H and O–H groups in total. The number of aromatic hydroxyl groups is 1. The quantitative estimate of drug-likeness (QED) is 0.667. The Bertz CT molecular complexity index is 582. The average molecular weight is 258 g/mol. The summed E-state index contributed by atoms with van der Waals surface area (Å²) in [6.45, 7) is 2.07. The van der Waals surface area contributed by atoms with Crippen LogP contribution in [-0.2, 0) is 6.42 Å². The summed E-state index contributed by atoms with van der Waals surface area (Å²) in [4.78, 5) is 13.9. The largest absolute Gasteiger partial charge is 0.508 e. The van der Waals surface area contributed by atoms with Crippen LogP contribution < -0.4 is 0 Å². The van der Waals surface area contributed by atoms with Crippen molar-refractivity contribution in [2.24, 2.45) is 0 Å². The van der Waals surface area contributed by atoms with Gasteiger partial charge in [-0.3, -0.25) is 4.79 Å². The molecule has 0 aliphatic rings. The Hall–Kier alpha value is -1.87. The molecule has 0 fully saturated rings. The lowest BCUT2D eigenvalue weighted by Crippen LogP contribution is -1.88. The number of hydrogen-bond acceptors (Lipinski definition) is 3. The van der Waals surface area contributed by atoms with Crippen molar-refractivity contribution >= 4 is 23.2 Å². The molecule has 0 unspecified atom stereocenters. The molecular weight excluding hydrogens is 244 g/mol. The van der Waals surface area contributed by atoms with E-state index in [0.717, 1.165) is 16.9 Å². The van der Waals surface area contributed by atoms with Crippen molar-refractivity contribution in [3.8, 4) is 5.75 Å². The van der Waals surface area contributed by atoms with E-state index < -0.39 is 0 Å². The van der Waals surface area contributed by atoms with Crippen molar-refractivity contribution in [3.63, 3.8) is 0 Å². The van der Waals surface area contributed by atoms with Gasteiger partial charge in [0.05, 0.1) is 4.88 Å². The minimum atomic E-state index is 0.00282. The number of hydrogen-bond donors (Lipinski definition) is 1. The molecule has 0 aliphatic carbocycles. The van der Waals surface area contributed by atoms with E-state index in [1.807, 2.05) is 18.2 Å². The first kappa shape index (κ1) is 12.6. The third-order valence-corrected chi connectivity index (χ3v) is 3.79. The topological polar surface area (TPSA) is 37.3 Å². The normalized spacial score (nSPS) is 10.9. The van der Waals surface area contributed by atoms with Crippen LogP contribution in [0.3, 0.4) is 0 Å². The fraction of sp³-hybridized carbons (Fsp3) is 0.133. The average Bonchev–Trinajstić information content (AvgIpc) is 2.85. The maximum atomic E-state index is 11.9. The van der Waals surface area contributed by atoms with Crippen molar-refractivity contribution in [2.45, 2.75) is 13.3 Å². The Balaban J connectivity index is 2.11. The van der Waals surface area contributed by atoms with Crippen LogP contribution in [0.1, 0.15) is 27.0 Å². The third kappa shape index (κ3) is 3.08. The molecule has 0 radical (unpaired) electrons. The van der Waals surface area contributed by atoms with E-state index in [4.69, 9.17) is 0 Å². The Morgan fingerprint density at radius 1 is 1.33 bits per heavy atom. The maximum Gasteiger partial charge on any atom is 0.195 e. The first-order valence-corrected chi connectivity index (χ1v) is 6.61. The fourth-order valence-electron chi connectivity index (χ4n) is 1.58. The minimum Gasteiger partial charge on any atom is -0.508 e. The number of thiophene rings is 1. The van der Waals surface area contributed by atoms with Crippen molar-refractivity contribution < 1.29 is 9.90 Å². The first-order valence-electron chi connectivity index (χ1n) is 5.79. The van der Waals surface area contributed by atoms with Gasteiger partial charge in [-0.05, 0) is 42.3 Å². The summed E-state index contributed by atoms with van der Waals surface area (Å²) in [7, 11) is 0. The van der Waals surface area contributed by atoms with Gasteiger partial charge in [-0.2, -0.15) is 0 Å². The van der Waals surface area contributed by atoms with Gasteiger partial charge in [-0.15, -0.1) is 11.3 Å². The summed E-state index contributed by atoms with van der Waals surface area (Å²) in [6.07, 6.45) is 4.21. The van der Waals surface area contributed by atoms with Crippen molar-refractivity contribution in [3.05, 3.63) is 57.8 Å². The molecule has 0 bridgehead atoms.